The minimum absolute atomic E-state index is 0.178. The van der Waals surface area contributed by atoms with Crippen LogP contribution in [0.25, 0.3) is 0 Å². The molecule has 1 fully saturated rings. The molecule has 2 rings (SSSR count). The van der Waals surface area contributed by atoms with Gasteiger partial charge in [0.15, 0.2) is 0 Å². The second-order valence-corrected chi connectivity index (χ2v) is 4.74. The fourth-order valence-electron chi connectivity index (χ4n) is 1.73. The molecule has 3 nitrogen and oxygen atoms in total. The van der Waals surface area contributed by atoms with Crippen molar-refractivity contribution in [1.29, 1.82) is 0 Å². The molecule has 1 saturated heterocycles. The molecule has 14 heavy (non-hydrogen) atoms. The second kappa shape index (κ2) is 4.61. The van der Waals surface area contributed by atoms with Crippen LogP contribution in [-0.2, 0) is 11.2 Å². The summed E-state index contributed by atoms with van der Waals surface area (Å²) in [6, 6.07) is 0. The lowest BCUT2D eigenvalue weighted by atomic mass is 10.2. The summed E-state index contributed by atoms with van der Waals surface area (Å²) in [6.07, 6.45) is 6.81. The monoisotopic (exact) mass is 306 g/mol. The minimum Gasteiger partial charge on any atom is -0.357 e. The first-order valence-electron chi connectivity index (χ1n) is 5.16. The molecular formula is C10H15IN2O. The van der Waals surface area contributed by atoms with Crippen LogP contribution in [0.3, 0.4) is 0 Å². The van der Waals surface area contributed by atoms with E-state index in [2.05, 4.69) is 40.8 Å². The van der Waals surface area contributed by atoms with Gasteiger partial charge >= 0.3 is 0 Å². The number of aromatic nitrogens is 2. The number of rotatable bonds is 2. The van der Waals surface area contributed by atoms with Crippen molar-refractivity contribution in [2.45, 2.75) is 38.8 Å². The van der Waals surface area contributed by atoms with Crippen molar-refractivity contribution in [3.05, 3.63) is 15.5 Å². The third-order valence-electron chi connectivity index (χ3n) is 2.54. The molecule has 0 spiro atoms. The highest BCUT2D eigenvalue weighted by atomic mass is 127. The smallest absolute Gasteiger partial charge is 0.150 e. The van der Waals surface area contributed by atoms with Gasteiger partial charge in [-0.25, -0.2) is 4.68 Å². The van der Waals surface area contributed by atoms with Gasteiger partial charge in [0.1, 0.15) is 6.23 Å². The summed E-state index contributed by atoms with van der Waals surface area (Å²) in [4.78, 5) is 0. The van der Waals surface area contributed by atoms with Crippen molar-refractivity contribution in [2.75, 3.05) is 6.61 Å². The highest BCUT2D eigenvalue weighted by Gasteiger charge is 2.17. The Bertz CT molecular complexity index is 305. The SMILES string of the molecule is CCc1nn(C2CCCCO2)cc1I. The van der Waals surface area contributed by atoms with E-state index in [1.807, 2.05) is 4.68 Å². The van der Waals surface area contributed by atoms with Crippen LogP contribution in [0.2, 0.25) is 0 Å². The molecule has 1 unspecified atom stereocenters. The summed E-state index contributed by atoms with van der Waals surface area (Å²) in [6.45, 7) is 3.01. The first-order chi connectivity index (χ1) is 6.81. The van der Waals surface area contributed by atoms with Crippen LogP contribution in [0.15, 0.2) is 6.20 Å². The maximum Gasteiger partial charge on any atom is 0.150 e. The largest absolute Gasteiger partial charge is 0.357 e. The Morgan fingerprint density at radius 1 is 1.64 bits per heavy atom. The van der Waals surface area contributed by atoms with E-state index in [0.717, 1.165) is 19.4 Å². The number of hydrogen-bond donors (Lipinski definition) is 0. The average molecular weight is 306 g/mol. The molecule has 0 bridgehead atoms. The maximum absolute atomic E-state index is 5.67. The summed E-state index contributed by atoms with van der Waals surface area (Å²) < 4.78 is 8.91. The molecule has 0 aliphatic carbocycles. The highest BCUT2D eigenvalue weighted by molar-refractivity contribution is 14.1. The van der Waals surface area contributed by atoms with E-state index in [4.69, 9.17) is 4.74 Å². The second-order valence-electron chi connectivity index (χ2n) is 3.58. The predicted octanol–water partition coefficient (Wildman–Crippen LogP) is 2.75. The molecule has 0 radical (unpaired) electrons. The van der Waals surface area contributed by atoms with Gasteiger partial charge in [0.2, 0.25) is 0 Å². The summed E-state index contributed by atoms with van der Waals surface area (Å²) in [5.41, 5.74) is 1.18. The molecule has 1 aromatic heterocycles. The first kappa shape index (κ1) is 10.4. The fraction of sp³-hybridized carbons (Fsp3) is 0.700. The Balaban J connectivity index is 2.14. The molecule has 4 heteroatoms. The lowest BCUT2D eigenvalue weighted by Gasteiger charge is -2.22. The normalized spacial score (nSPS) is 22.6. The molecule has 78 valence electrons. The maximum atomic E-state index is 5.67. The number of nitrogens with zero attached hydrogens (tertiary/aromatic N) is 2. The Kier molecular flexibility index (Phi) is 3.43. The van der Waals surface area contributed by atoms with Gasteiger partial charge in [-0.15, -0.1) is 0 Å². The van der Waals surface area contributed by atoms with Gasteiger partial charge in [0.05, 0.1) is 9.26 Å². The molecule has 1 aliphatic heterocycles. The quantitative estimate of drug-likeness (QED) is 0.786. The summed E-state index contributed by atoms with van der Waals surface area (Å²) in [5, 5.41) is 4.54. The molecule has 1 atom stereocenters. The molecule has 0 N–H and O–H groups in total. The Morgan fingerprint density at radius 2 is 2.50 bits per heavy atom. The molecule has 2 heterocycles. The lowest BCUT2D eigenvalue weighted by Crippen LogP contribution is -2.18. The fourth-order valence-corrected chi connectivity index (χ4v) is 2.50. The van der Waals surface area contributed by atoms with Gasteiger partial charge in [-0.2, -0.15) is 5.10 Å². The number of aryl methyl sites for hydroxylation is 1. The van der Waals surface area contributed by atoms with E-state index in [9.17, 15) is 0 Å². The van der Waals surface area contributed by atoms with E-state index in [1.165, 1.54) is 22.1 Å². The topological polar surface area (TPSA) is 27.1 Å². The first-order valence-corrected chi connectivity index (χ1v) is 6.24. The summed E-state index contributed by atoms with van der Waals surface area (Å²) in [7, 11) is 0. The van der Waals surface area contributed by atoms with Crippen LogP contribution in [0.5, 0.6) is 0 Å². The van der Waals surface area contributed by atoms with Crippen LogP contribution >= 0.6 is 22.6 Å². The van der Waals surface area contributed by atoms with Crippen molar-refractivity contribution < 1.29 is 4.74 Å². The number of ether oxygens (including phenoxy) is 1. The third kappa shape index (κ3) is 2.11. The van der Waals surface area contributed by atoms with Gasteiger partial charge in [0.25, 0.3) is 0 Å². The Hall–Kier alpha value is -0.100. The van der Waals surface area contributed by atoms with Crippen LogP contribution in [-0.4, -0.2) is 16.4 Å². The summed E-state index contributed by atoms with van der Waals surface area (Å²) >= 11 is 2.34. The van der Waals surface area contributed by atoms with E-state index >= 15 is 0 Å². The van der Waals surface area contributed by atoms with Crippen LogP contribution in [0.1, 0.15) is 38.1 Å². The van der Waals surface area contributed by atoms with Gasteiger partial charge in [-0.3, -0.25) is 0 Å². The Morgan fingerprint density at radius 3 is 3.07 bits per heavy atom. The van der Waals surface area contributed by atoms with E-state index < -0.39 is 0 Å². The predicted molar refractivity (Wildman–Crippen MR) is 63.2 cm³/mol. The standard InChI is InChI=1S/C10H15IN2O/c1-2-9-8(11)7-13(12-9)10-5-3-4-6-14-10/h7,10H,2-6H2,1H3. The number of hydrogen-bond acceptors (Lipinski definition) is 2. The van der Waals surface area contributed by atoms with E-state index in [-0.39, 0.29) is 6.23 Å². The molecule has 1 aliphatic rings. The van der Waals surface area contributed by atoms with Crippen LogP contribution < -0.4 is 0 Å². The zero-order valence-corrected chi connectivity index (χ0v) is 10.5. The van der Waals surface area contributed by atoms with Crippen molar-refractivity contribution >= 4 is 22.6 Å². The van der Waals surface area contributed by atoms with Crippen LogP contribution in [0, 0.1) is 3.57 Å². The van der Waals surface area contributed by atoms with Crippen molar-refractivity contribution in [3.63, 3.8) is 0 Å². The zero-order valence-electron chi connectivity index (χ0n) is 8.37. The minimum atomic E-state index is 0.178. The molecular weight excluding hydrogens is 291 g/mol. The third-order valence-corrected chi connectivity index (χ3v) is 3.44. The lowest BCUT2D eigenvalue weighted by molar-refractivity contribution is -0.0397. The van der Waals surface area contributed by atoms with Gasteiger partial charge < -0.3 is 4.74 Å². The molecule has 0 saturated carbocycles. The summed E-state index contributed by atoms with van der Waals surface area (Å²) in [5.74, 6) is 0. The van der Waals surface area contributed by atoms with Crippen molar-refractivity contribution in [1.82, 2.24) is 9.78 Å². The van der Waals surface area contributed by atoms with Crippen molar-refractivity contribution in [2.24, 2.45) is 0 Å². The zero-order chi connectivity index (χ0) is 9.97. The average Bonchev–Trinajstić information content (AvgIpc) is 2.61. The number of halogens is 1. The molecule has 1 aromatic rings. The van der Waals surface area contributed by atoms with E-state index in [0.29, 0.717) is 0 Å². The van der Waals surface area contributed by atoms with Gasteiger partial charge in [-0.05, 0) is 48.3 Å². The molecule has 0 aromatic carbocycles. The highest BCUT2D eigenvalue weighted by Crippen LogP contribution is 2.23. The van der Waals surface area contributed by atoms with Crippen molar-refractivity contribution in [3.8, 4) is 0 Å². The Labute approximate surface area is 98.0 Å². The van der Waals surface area contributed by atoms with Gasteiger partial charge in [-0.1, -0.05) is 6.92 Å². The van der Waals surface area contributed by atoms with Gasteiger partial charge in [0, 0.05) is 12.8 Å². The molecule has 0 amide bonds. The van der Waals surface area contributed by atoms with Crippen LogP contribution in [0.4, 0.5) is 0 Å². The van der Waals surface area contributed by atoms with E-state index in [1.54, 1.807) is 0 Å².